The van der Waals surface area contributed by atoms with Crippen molar-refractivity contribution in [2.75, 3.05) is 39.6 Å². The van der Waals surface area contributed by atoms with Crippen molar-refractivity contribution in [1.82, 2.24) is 0 Å². The zero-order chi connectivity index (χ0) is 18.2. The monoisotopic (exact) mass is 350 g/mol. The van der Waals surface area contributed by atoms with Crippen LogP contribution in [0, 0.1) is 0 Å². The molecule has 8 nitrogen and oxygen atoms in total. The minimum atomic E-state index is -1.99. The van der Waals surface area contributed by atoms with E-state index < -0.39 is 24.1 Å². The molecule has 2 N–H and O–H groups in total. The zero-order valence-electron chi connectivity index (χ0n) is 14.6. The average Bonchev–Trinajstić information content (AvgIpc) is 2.59. The Morgan fingerprint density at radius 2 is 1.08 bits per heavy atom. The lowest BCUT2D eigenvalue weighted by Crippen LogP contribution is -2.42. The molecular formula is C16H30O8. The summed E-state index contributed by atoms with van der Waals surface area (Å²) in [5.41, 5.74) is 0. The number of aliphatic hydroxyl groups is 2. The summed E-state index contributed by atoms with van der Waals surface area (Å²) in [6.07, 6.45) is -0.178. The number of esters is 2. The minimum absolute atomic E-state index is 0.0629. The second-order valence-corrected chi connectivity index (χ2v) is 5.16. The number of carbonyl (C=O) groups is 2. The molecule has 0 aliphatic rings. The number of unbranched alkanes of at least 4 members (excludes halogenated alkanes) is 2. The predicted molar refractivity (Wildman–Crippen MR) is 85.4 cm³/mol. The number of hydrogen-bond donors (Lipinski definition) is 2. The standard InChI is InChI=1S/C16H30O8/c1-3-5-7-21-9-11-23-15(19)13(17)14(18)16(20)24-12-10-22-8-6-4-2/h13-14,17-18H,3-12H2,1-2H3. The molecule has 24 heavy (non-hydrogen) atoms. The Balaban J connectivity index is 3.83. The van der Waals surface area contributed by atoms with Crippen LogP contribution >= 0.6 is 0 Å². The van der Waals surface area contributed by atoms with Crippen LogP contribution in [0.4, 0.5) is 0 Å². The van der Waals surface area contributed by atoms with Gasteiger partial charge in [-0.05, 0) is 12.8 Å². The maximum atomic E-state index is 11.5. The molecule has 0 spiro atoms. The van der Waals surface area contributed by atoms with Crippen molar-refractivity contribution in [3.63, 3.8) is 0 Å². The molecule has 2 unspecified atom stereocenters. The molecule has 0 fully saturated rings. The Hall–Kier alpha value is -1.22. The number of carbonyl (C=O) groups excluding carboxylic acids is 2. The van der Waals surface area contributed by atoms with Gasteiger partial charge in [0.2, 0.25) is 0 Å². The van der Waals surface area contributed by atoms with Crippen molar-refractivity contribution >= 4 is 11.9 Å². The second-order valence-electron chi connectivity index (χ2n) is 5.16. The van der Waals surface area contributed by atoms with Crippen LogP contribution in [0.3, 0.4) is 0 Å². The van der Waals surface area contributed by atoms with Crippen LogP contribution in [0.25, 0.3) is 0 Å². The summed E-state index contributed by atoms with van der Waals surface area (Å²) < 4.78 is 19.8. The Morgan fingerprint density at radius 3 is 1.42 bits per heavy atom. The summed E-state index contributed by atoms with van der Waals surface area (Å²) in [6, 6.07) is 0. The van der Waals surface area contributed by atoms with Crippen molar-refractivity contribution in [2.24, 2.45) is 0 Å². The fraction of sp³-hybridized carbons (Fsp3) is 0.875. The van der Waals surface area contributed by atoms with Gasteiger partial charge in [0, 0.05) is 13.2 Å². The molecule has 0 aromatic heterocycles. The molecule has 0 saturated carbocycles. The lowest BCUT2D eigenvalue weighted by atomic mass is 10.2. The molecule has 0 heterocycles. The van der Waals surface area contributed by atoms with Gasteiger partial charge in [-0.2, -0.15) is 0 Å². The smallest absolute Gasteiger partial charge is 0.338 e. The van der Waals surface area contributed by atoms with Gasteiger partial charge in [0.1, 0.15) is 13.2 Å². The van der Waals surface area contributed by atoms with Crippen molar-refractivity contribution in [1.29, 1.82) is 0 Å². The highest BCUT2D eigenvalue weighted by Crippen LogP contribution is 2.00. The van der Waals surface area contributed by atoms with Crippen molar-refractivity contribution in [3.05, 3.63) is 0 Å². The summed E-state index contributed by atoms with van der Waals surface area (Å²) >= 11 is 0. The van der Waals surface area contributed by atoms with Crippen LogP contribution in [0.1, 0.15) is 39.5 Å². The highest BCUT2D eigenvalue weighted by atomic mass is 16.6. The molecule has 0 amide bonds. The van der Waals surface area contributed by atoms with E-state index in [0.29, 0.717) is 13.2 Å². The quantitative estimate of drug-likeness (QED) is 0.323. The third-order valence-electron chi connectivity index (χ3n) is 3.01. The van der Waals surface area contributed by atoms with Crippen LogP contribution in [0.15, 0.2) is 0 Å². The summed E-state index contributed by atoms with van der Waals surface area (Å²) in [5.74, 6) is -2.20. The minimum Gasteiger partial charge on any atom is -0.461 e. The lowest BCUT2D eigenvalue weighted by Gasteiger charge is -2.16. The normalized spacial score (nSPS) is 13.3. The van der Waals surface area contributed by atoms with Crippen LogP contribution in [-0.2, 0) is 28.5 Å². The van der Waals surface area contributed by atoms with Gasteiger partial charge < -0.3 is 29.2 Å². The number of ether oxygens (including phenoxy) is 4. The first-order valence-electron chi connectivity index (χ1n) is 8.39. The Kier molecular flexibility index (Phi) is 14.5. The molecule has 0 aromatic rings. The third-order valence-corrected chi connectivity index (χ3v) is 3.01. The molecule has 0 rings (SSSR count). The maximum Gasteiger partial charge on any atom is 0.338 e. The van der Waals surface area contributed by atoms with Gasteiger partial charge in [-0.3, -0.25) is 0 Å². The van der Waals surface area contributed by atoms with E-state index in [9.17, 15) is 19.8 Å². The first kappa shape index (κ1) is 22.8. The molecule has 142 valence electrons. The highest BCUT2D eigenvalue weighted by Gasteiger charge is 2.32. The predicted octanol–water partition coefficient (Wildman–Crippen LogP) is 0.428. The summed E-state index contributed by atoms with van der Waals surface area (Å²) in [7, 11) is 0. The summed E-state index contributed by atoms with van der Waals surface area (Å²) in [4.78, 5) is 23.0. The van der Waals surface area contributed by atoms with E-state index in [1.807, 2.05) is 13.8 Å². The average molecular weight is 350 g/mol. The first-order valence-corrected chi connectivity index (χ1v) is 8.39. The maximum absolute atomic E-state index is 11.5. The molecular weight excluding hydrogens is 320 g/mol. The molecule has 0 aliphatic carbocycles. The lowest BCUT2D eigenvalue weighted by molar-refractivity contribution is -0.174. The molecule has 0 radical (unpaired) electrons. The van der Waals surface area contributed by atoms with Gasteiger partial charge in [-0.1, -0.05) is 26.7 Å². The van der Waals surface area contributed by atoms with Crippen LogP contribution in [-0.4, -0.2) is 74.0 Å². The Labute approximate surface area is 143 Å². The van der Waals surface area contributed by atoms with Gasteiger partial charge in [0.25, 0.3) is 0 Å². The molecule has 2 atom stereocenters. The van der Waals surface area contributed by atoms with E-state index in [0.717, 1.165) is 25.7 Å². The van der Waals surface area contributed by atoms with E-state index in [-0.39, 0.29) is 26.4 Å². The van der Waals surface area contributed by atoms with Crippen LogP contribution in [0.5, 0.6) is 0 Å². The Bertz CT molecular complexity index is 302. The zero-order valence-corrected chi connectivity index (χ0v) is 14.6. The van der Waals surface area contributed by atoms with Crippen LogP contribution < -0.4 is 0 Å². The molecule has 0 aromatic carbocycles. The fourth-order valence-corrected chi connectivity index (χ4v) is 1.53. The second kappa shape index (κ2) is 15.3. The van der Waals surface area contributed by atoms with E-state index in [1.54, 1.807) is 0 Å². The van der Waals surface area contributed by atoms with E-state index in [4.69, 9.17) is 18.9 Å². The topological polar surface area (TPSA) is 112 Å². The molecule has 8 heteroatoms. The van der Waals surface area contributed by atoms with Crippen molar-refractivity contribution in [3.8, 4) is 0 Å². The first-order chi connectivity index (χ1) is 11.5. The molecule has 0 aliphatic heterocycles. The number of aliphatic hydroxyl groups excluding tert-OH is 2. The largest absolute Gasteiger partial charge is 0.461 e. The number of hydrogen-bond acceptors (Lipinski definition) is 8. The SMILES string of the molecule is CCCCOCCOC(=O)C(O)C(O)C(=O)OCCOCCCC. The van der Waals surface area contributed by atoms with Gasteiger partial charge in [0.05, 0.1) is 13.2 Å². The molecule has 0 bridgehead atoms. The van der Waals surface area contributed by atoms with Crippen molar-refractivity contribution in [2.45, 2.75) is 51.7 Å². The van der Waals surface area contributed by atoms with Gasteiger partial charge in [-0.25, -0.2) is 9.59 Å². The summed E-state index contributed by atoms with van der Waals surface area (Å²) in [5, 5.41) is 19.1. The van der Waals surface area contributed by atoms with E-state index in [2.05, 4.69) is 0 Å². The number of rotatable bonds is 15. The molecule has 0 saturated heterocycles. The van der Waals surface area contributed by atoms with Gasteiger partial charge >= 0.3 is 11.9 Å². The van der Waals surface area contributed by atoms with E-state index >= 15 is 0 Å². The van der Waals surface area contributed by atoms with Crippen LogP contribution in [0.2, 0.25) is 0 Å². The van der Waals surface area contributed by atoms with E-state index in [1.165, 1.54) is 0 Å². The summed E-state index contributed by atoms with van der Waals surface area (Å²) in [6.45, 7) is 5.42. The fourth-order valence-electron chi connectivity index (χ4n) is 1.53. The van der Waals surface area contributed by atoms with Crippen molar-refractivity contribution < 1.29 is 38.7 Å². The Morgan fingerprint density at radius 1 is 0.708 bits per heavy atom. The third kappa shape index (κ3) is 11.3. The van der Waals surface area contributed by atoms with Gasteiger partial charge in [-0.15, -0.1) is 0 Å². The highest BCUT2D eigenvalue weighted by molar-refractivity contribution is 5.85. The van der Waals surface area contributed by atoms with Gasteiger partial charge in [0.15, 0.2) is 12.2 Å².